The molecular formula is C16H22N2O4S. The Balaban J connectivity index is 1.67. The molecule has 0 aromatic heterocycles. The second kappa shape index (κ2) is 6.22. The molecule has 1 saturated heterocycles. The molecule has 6 nitrogen and oxygen atoms in total. The van der Waals surface area contributed by atoms with Crippen LogP contribution in [-0.4, -0.2) is 60.9 Å². The lowest BCUT2D eigenvalue weighted by Gasteiger charge is -2.37. The molecule has 2 fully saturated rings. The van der Waals surface area contributed by atoms with Crippen molar-refractivity contribution < 1.29 is 18.3 Å². The van der Waals surface area contributed by atoms with Crippen molar-refractivity contribution in [3.63, 3.8) is 0 Å². The van der Waals surface area contributed by atoms with Gasteiger partial charge < -0.3 is 5.11 Å². The van der Waals surface area contributed by atoms with Gasteiger partial charge in [0.25, 0.3) is 0 Å². The summed E-state index contributed by atoms with van der Waals surface area (Å²) in [4.78, 5) is 13.4. The van der Waals surface area contributed by atoms with E-state index in [1.165, 1.54) is 41.4 Å². The van der Waals surface area contributed by atoms with Crippen LogP contribution in [0.5, 0.6) is 0 Å². The van der Waals surface area contributed by atoms with Crippen molar-refractivity contribution in [3.8, 4) is 0 Å². The first kappa shape index (κ1) is 16.4. The summed E-state index contributed by atoms with van der Waals surface area (Å²) >= 11 is 0. The van der Waals surface area contributed by atoms with E-state index in [1.54, 1.807) is 0 Å². The molecule has 7 heteroatoms. The number of rotatable bonds is 5. The fraction of sp³-hybridized carbons (Fsp3) is 0.562. The van der Waals surface area contributed by atoms with Crippen LogP contribution in [0.3, 0.4) is 0 Å². The van der Waals surface area contributed by atoms with Crippen LogP contribution in [0.2, 0.25) is 0 Å². The summed E-state index contributed by atoms with van der Waals surface area (Å²) < 4.78 is 26.8. The fourth-order valence-electron chi connectivity index (χ4n) is 3.15. The number of nitrogens with zero attached hydrogens (tertiary/aromatic N) is 2. The Morgan fingerprint density at radius 3 is 2.17 bits per heavy atom. The third-order valence-electron chi connectivity index (χ3n) is 4.89. The summed E-state index contributed by atoms with van der Waals surface area (Å²) in [6, 6.07) is 5.95. The predicted molar refractivity (Wildman–Crippen MR) is 85.9 cm³/mol. The second-order valence-electron chi connectivity index (χ2n) is 6.35. The van der Waals surface area contributed by atoms with Crippen molar-refractivity contribution in [2.75, 3.05) is 26.2 Å². The van der Waals surface area contributed by atoms with Crippen LogP contribution >= 0.6 is 0 Å². The number of benzene rings is 1. The van der Waals surface area contributed by atoms with Crippen LogP contribution in [-0.2, 0) is 10.0 Å². The van der Waals surface area contributed by atoms with Crippen LogP contribution in [0.4, 0.5) is 0 Å². The maximum absolute atomic E-state index is 12.7. The number of aromatic carboxylic acids is 1. The molecule has 0 bridgehead atoms. The minimum Gasteiger partial charge on any atom is -0.478 e. The maximum atomic E-state index is 12.7. The Bertz CT molecular complexity index is 675. The van der Waals surface area contributed by atoms with Crippen LogP contribution in [0.1, 0.15) is 30.1 Å². The standard InChI is InChI=1S/C16H22N2O4S/c1-12(13-2-3-13)17-8-10-18(11-9-17)23(21,22)15-6-4-14(5-7-15)16(19)20/h4-7,12-13H,2-3,8-11H2,1H3,(H,19,20). The molecule has 1 aliphatic heterocycles. The molecule has 0 amide bonds. The minimum absolute atomic E-state index is 0.0898. The van der Waals surface area contributed by atoms with Gasteiger partial charge in [0.15, 0.2) is 0 Å². The molecule has 1 atom stereocenters. The summed E-state index contributed by atoms with van der Waals surface area (Å²) in [6.07, 6.45) is 2.57. The Hall–Kier alpha value is -1.44. The number of carboxylic acid groups (broad SMARTS) is 1. The molecule has 1 heterocycles. The van der Waals surface area contributed by atoms with Gasteiger partial charge in [0.1, 0.15) is 0 Å². The van der Waals surface area contributed by atoms with Gasteiger partial charge in [-0.2, -0.15) is 4.31 Å². The summed E-state index contributed by atoms with van der Waals surface area (Å²) in [5, 5.41) is 8.89. The lowest BCUT2D eigenvalue weighted by Crippen LogP contribution is -2.51. The Morgan fingerprint density at radius 1 is 1.13 bits per heavy atom. The van der Waals surface area contributed by atoms with Crippen molar-refractivity contribution in [1.29, 1.82) is 0 Å². The van der Waals surface area contributed by atoms with Crippen molar-refractivity contribution in [1.82, 2.24) is 9.21 Å². The van der Waals surface area contributed by atoms with Gasteiger partial charge in [-0.1, -0.05) is 0 Å². The molecule has 1 saturated carbocycles. The number of hydrogen-bond donors (Lipinski definition) is 1. The van der Waals surface area contributed by atoms with Gasteiger partial charge in [0, 0.05) is 32.2 Å². The molecule has 23 heavy (non-hydrogen) atoms. The Kier molecular flexibility index (Phi) is 4.44. The number of piperazine rings is 1. The SMILES string of the molecule is CC(C1CC1)N1CCN(S(=O)(=O)c2ccc(C(=O)O)cc2)CC1. The summed E-state index contributed by atoms with van der Waals surface area (Å²) in [5.41, 5.74) is 0.0898. The van der Waals surface area contributed by atoms with Crippen molar-refractivity contribution in [2.45, 2.75) is 30.7 Å². The zero-order valence-corrected chi connectivity index (χ0v) is 14.0. The molecule has 126 valence electrons. The molecule has 3 rings (SSSR count). The van der Waals surface area contributed by atoms with E-state index < -0.39 is 16.0 Å². The molecule has 1 unspecified atom stereocenters. The van der Waals surface area contributed by atoms with E-state index in [4.69, 9.17) is 5.11 Å². The van der Waals surface area contributed by atoms with Gasteiger partial charge in [-0.25, -0.2) is 13.2 Å². The van der Waals surface area contributed by atoms with Gasteiger partial charge >= 0.3 is 5.97 Å². The first-order valence-electron chi connectivity index (χ1n) is 7.97. The molecule has 1 N–H and O–H groups in total. The van der Waals surface area contributed by atoms with E-state index in [9.17, 15) is 13.2 Å². The van der Waals surface area contributed by atoms with Crippen LogP contribution < -0.4 is 0 Å². The highest BCUT2D eigenvalue weighted by molar-refractivity contribution is 7.89. The monoisotopic (exact) mass is 338 g/mol. The number of sulfonamides is 1. The van der Waals surface area contributed by atoms with E-state index in [0.717, 1.165) is 19.0 Å². The van der Waals surface area contributed by atoms with Gasteiger partial charge in [0.05, 0.1) is 10.5 Å². The van der Waals surface area contributed by atoms with Gasteiger partial charge in [0.2, 0.25) is 10.0 Å². The van der Waals surface area contributed by atoms with Gasteiger partial charge in [-0.15, -0.1) is 0 Å². The van der Waals surface area contributed by atoms with Crippen LogP contribution in [0.15, 0.2) is 29.2 Å². The molecule has 0 spiro atoms. The lowest BCUT2D eigenvalue weighted by molar-refractivity contribution is 0.0696. The third kappa shape index (κ3) is 3.41. The number of carbonyl (C=O) groups is 1. The average molecular weight is 338 g/mol. The van der Waals surface area contributed by atoms with Gasteiger partial charge in [-0.05, 0) is 49.9 Å². The first-order chi connectivity index (χ1) is 10.9. The highest BCUT2D eigenvalue weighted by atomic mass is 32.2. The summed E-state index contributed by atoms with van der Waals surface area (Å²) in [6.45, 7) is 4.71. The highest BCUT2D eigenvalue weighted by Gasteiger charge is 2.35. The molecule has 2 aliphatic rings. The first-order valence-corrected chi connectivity index (χ1v) is 9.41. The smallest absolute Gasteiger partial charge is 0.335 e. The third-order valence-corrected chi connectivity index (χ3v) is 6.81. The minimum atomic E-state index is -3.54. The topological polar surface area (TPSA) is 77.9 Å². The number of carboxylic acids is 1. The normalized spacial score (nSPS) is 22.0. The molecule has 1 aromatic rings. The lowest BCUT2D eigenvalue weighted by atomic mass is 10.1. The van der Waals surface area contributed by atoms with Crippen molar-refractivity contribution in [3.05, 3.63) is 29.8 Å². The van der Waals surface area contributed by atoms with Crippen molar-refractivity contribution >= 4 is 16.0 Å². The fourth-order valence-corrected chi connectivity index (χ4v) is 4.57. The zero-order valence-electron chi connectivity index (χ0n) is 13.2. The predicted octanol–water partition coefficient (Wildman–Crippen LogP) is 1.49. The molecule has 1 aromatic carbocycles. The maximum Gasteiger partial charge on any atom is 0.335 e. The second-order valence-corrected chi connectivity index (χ2v) is 8.29. The van der Waals surface area contributed by atoms with E-state index >= 15 is 0 Å². The average Bonchev–Trinajstić information content (AvgIpc) is 3.39. The van der Waals surface area contributed by atoms with Crippen LogP contribution in [0, 0.1) is 5.92 Å². The number of hydrogen-bond acceptors (Lipinski definition) is 4. The summed E-state index contributed by atoms with van der Waals surface area (Å²) in [5.74, 6) is -0.279. The van der Waals surface area contributed by atoms with Crippen molar-refractivity contribution in [2.24, 2.45) is 5.92 Å². The summed E-state index contributed by atoms with van der Waals surface area (Å²) in [7, 11) is -3.54. The largest absolute Gasteiger partial charge is 0.478 e. The quantitative estimate of drug-likeness (QED) is 0.880. The zero-order chi connectivity index (χ0) is 16.6. The molecular weight excluding hydrogens is 316 g/mol. The molecule has 1 aliphatic carbocycles. The Labute approximate surface area is 136 Å². The highest BCUT2D eigenvalue weighted by Crippen LogP contribution is 2.35. The van der Waals surface area contributed by atoms with E-state index in [0.29, 0.717) is 19.1 Å². The molecule has 0 radical (unpaired) electrons. The van der Waals surface area contributed by atoms with Gasteiger partial charge in [-0.3, -0.25) is 4.90 Å². The van der Waals surface area contributed by atoms with E-state index in [1.807, 2.05) is 0 Å². The Morgan fingerprint density at radius 2 is 1.70 bits per heavy atom. The van der Waals surface area contributed by atoms with Crippen LogP contribution in [0.25, 0.3) is 0 Å². The van der Waals surface area contributed by atoms with E-state index in [2.05, 4.69) is 11.8 Å². The van der Waals surface area contributed by atoms with E-state index in [-0.39, 0.29) is 10.5 Å².